The third-order valence-corrected chi connectivity index (χ3v) is 3.79. The van der Waals surface area contributed by atoms with E-state index in [0.717, 1.165) is 17.9 Å². The molecular weight excluding hydrogens is 218 g/mol. The lowest BCUT2D eigenvalue weighted by atomic mass is 9.83. The van der Waals surface area contributed by atoms with Gasteiger partial charge in [-0.15, -0.1) is 0 Å². The maximum absolute atomic E-state index is 2.59. The van der Waals surface area contributed by atoms with Crippen LogP contribution in [0.15, 0.2) is 0 Å². The van der Waals surface area contributed by atoms with E-state index in [2.05, 4.69) is 46.6 Å². The monoisotopic (exact) mass is 255 g/mol. The fourth-order valence-electron chi connectivity index (χ4n) is 3.01. The van der Waals surface area contributed by atoms with Gasteiger partial charge in [-0.3, -0.25) is 0 Å². The van der Waals surface area contributed by atoms with E-state index in [-0.39, 0.29) is 0 Å². The summed E-state index contributed by atoms with van der Waals surface area (Å²) in [5.41, 5.74) is 0. The van der Waals surface area contributed by atoms with Gasteiger partial charge in [-0.2, -0.15) is 0 Å². The SMILES string of the molecule is CCC.CCCC1CCC(N(C)CC(C)C)CC1. The Morgan fingerprint density at radius 1 is 1.00 bits per heavy atom. The normalized spacial score (nSPS) is 24.0. The van der Waals surface area contributed by atoms with E-state index < -0.39 is 0 Å². The zero-order valence-corrected chi connectivity index (χ0v) is 13.8. The Bertz CT molecular complexity index is 168. The first-order valence-corrected chi connectivity index (χ1v) is 8.25. The molecule has 0 aromatic heterocycles. The Hall–Kier alpha value is -0.0400. The highest BCUT2D eigenvalue weighted by Crippen LogP contribution is 2.30. The van der Waals surface area contributed by atoms with Gasteiger partial charge in [0.15, 0.2) is 0 Å². The molecule has 0 amide bonds. The van der Waals surface area contributed by atoms with Gasteiger partial charge in [-0.1, -0.05) is 53.9 Å². The van der Waals surface area contributed by atoms with Crippen LogP contribution in [0.2, 0.25) is 0 Å². The molecule has 0 unspecified atom stereocenters. The third kappa shape index (κ3) is 8.13. The van der Waals surface area contributed by atoms with Gasteiger partial charge < -0.3 is 4.90 Å². The lowest BCUT2D eigenvalue weighted by molar-refractivity contribution is 0.148. The first-order valence-electron chi connectivity index (χ1n) is 8.25. The van der Waals surface area contributed by atoms with E-state index in [4.69, 9.17) is 0 Å². The Labute approximate surface area is 116 Å². The second-order valence-electron chi connectivity index (χ2n) is 6.50. The van der Waals surface area contributed by atoms with Crippen LogP contribution in [-0.4, -0.2) is 24.5 Å². The molecule has 0 heterocycles. The van der Waals surface area contributed by atoms with E-state index in [1.165, 1.54) is 51.5 Å². The largest absolute Gasteiger partial charge is 0.303 e. The van der Waals surface area contributed by atoms with Crippen molar-refractivity contribution in [1.29, 1.82) is 0 Å². The van der Waals surface area contributed by atoms with Gasteiger partial charge in [0.1, 0.15) is 0 Å². The number of nitrogens with zero attached hydrogens (tertiary/aromatic N) is 1. The molecule has 0 saturated heterocycles. The van der Waals surface area contributed by atoms with Gasteiger partial charge in [0.2, 0.25) is 0 Å². The molecule has 0 atom stereocenters. The molecule has 1 aliphatic carbocycles. The third-order valence-electron chi connectivity index (χ3n) is 3.79. The molecule has 0 aromatic rings. The van der Waals surface area contributed by atoms with Crippen molar-refractivity contribution in [2.45, 2.75) is 85.6 Å². The minimum atomic E-state index is 0.809. The van der Waals surface area contributed by atoms with Gasteiger partial charge in [0.25, 0.3) is 0 Å². The molecule has 1 aliphatic rings. The standard InChI is InChI=1S/C14H29N.C3H8/c1-5-6-13-7-9-14(10-8-13)15(4)11-12(2)3;1-3-2/h12-14H,5-11H2,1-4H3;3H2,1-2H3. The molecule has 18 heavy (non-hydrogen) atoms. The van der Waals surface area contributed by atoms with Crippen LogP contribution in [0.4, 0.5) is 0 Å². The first-order chi connectivity index (χ1) is 8.54. The van der Waals surface area contributed by atoms with Crippen molar-refractivity contribution in [1.82, 2.24) is 4.90 Å². The number of hydrogen-bond acceptors (Lipinski definition) is 1. The molecule has 1 heteroatoms. The second kappa shape index (κ2) is 10.8. The average Bonchev–Trinajstić information content (AvgIpc) is 2.30. The summed E-state index contributed by atoms with van der Waals surface area (Å²) in [7, 11) is 2.31. The van der Waals surface area contributed by atoms with Crippen LogP contribution in [0.5, 0.6) is 0 Å². The predicted molar refractivity (Wildman–Crippen MR) is 84.1 cm³/mol. The summed E-state index contributed by atoms with van der Waals surface area (Å²) in [5, 5.41) is 0. The fourth-order valence-corrected chi connectivity index (χ4v) is 3.01. The Balaban J connectivity index is 0.000000873. The van der Waals surface area contributed by atoms with Gasteiger partial charge in [0.05, 0.1) is 0 Å². The molecule has 0 bridgehead atoms. The van der Waals surface area contributed by atoms with E-state index in [0.29, 0.717) is 0 Å². The van der Waals surface area contributed by atoms with E-state index in [1.807, 2.05) is 0 Å². The summed E-state index contributed by atoms with van der Waals surface area (Å²) in [6.07, 6.45) is 9.90. The molecule has 0 radical (unpaired) electrons. The summed E-state index contributed by atoms with van der Waals surface area (Å²) >= 11 is 0. The average molecular weight is 255 g/mol. The summed E-state index contributed by atoms with van der Waals surface area (Å²) in [6, 6.07) is 0.875. The molecule has 1 nitrogen and oxygen atoms in total. The molecule has 0 N–H and O–H groups in total. The number of hydrogen-bond donors (Lipinski definition) is 0. The van der Waals surface area contributed by atoms with Crippen LogP contribution in [0.1, 0.15) is 79.6 Å². The molecule has 1 rings (SSSR count). The molecule has 0 aromatic carbocycles. The molecule has 0 aliphatic heterocycles. The van der Waals surface area contributed by atoms with Gasteiger partial charge >= 0.3 is 0 Å². The van der Waals surface area contributed by atoms with Gasteiger partial charge in [-0.05, 0) is 44.6 Å². The van der Waals surface area contributed by atoms with E-state index in [9.17, 15) is 0 Å². The van der Waals surface area contributed by atoms with Crippen molar-refractivity contribution in [2.24, 2.45) is 11.8 Å². The van der Waals surface area contributed by atoms with Gasteiger partial charge in [0, 0.05) is 12.6 Å². The van der Waals surface area contributed by atoms with Crippen LogP contribution < -0.4 is 0 Å². The Morgan fingerprint density at radius 2 is 1.50 bits per heavy atom. The minimum Gasteiger partial charge on any atom is -0.303 e. The lowest BCUT2D eigenvalue weighted by Crippen LogP contribution is -2.37. The maximum atomic E-state index is 2.59. The zero-order chi connectivity index (χ0) is 14.0. The highest BCUT2D eigenvalue weighted by molar-refractivity contribution is 4.78. The predicted octanol–water partition coefficient (Wildman–Crippen LogP) is 5.35. The van der Waals surface area contributed by atoms with Crippen molar-refractivity contribution in [3.05, 3.63) is 0 Å². The van der Waals surface area contributed by atoms with E-state index >= 15 is 0 Å². The van der Waals surface area contributed by atoms with Crippen molar-refractivity contribution < 1.29 is 0 Å². The van der Waals surface area contributed by atoms with Crippen molar-refractivity contribution in [3.63, 3.8) is 0 Å². The van der Waals surface area contributed by atoms with Crippen molar-refractivity contribution >= 4 is 0 Å². The fraction of sp³-hybridized carbons (Fsp3) is 1.00. The topological polar surface area (TPSA) is 3.24 Å². The minimum absolute atomic E-state index is 0.809. The molecule has 0 spiro atoms. The highest BCUT2D eigenvalue weighted by Gasteiger charge is 2.23. The maximum Gasteiger partial charge on any atom is 0.00925 e. The zero-order valence-electron chi connectivity index (χ0n) is 13.8. The van der Waals surface area contributed by atoms with Gasteiger partial charge in [-0.25, -0.2) is 0 Å². The van der Waals surface area contributed by atoms with Crippen LogP contribution in [-0.2, 0) is 0 Å². The molecular formula is C17H37N. The highest BCUT2D eigenvalue weighted by atomic mass is 15.1. The molecule has 1 saturated carbocycles. The van der Waals surface area contributed by atoms with Crippen molar-refractivity contribution in [3.8, 4) is 0 Å². The lowest BCUT2D eigenvalue weighted by Gasteiger charge is -2.35. The molecule has 110 valence electrons. The summed E-state index contributed by atoms with van der Waals surface area (Å²) in [4.78, 5) is 2.59. The molecule has 1 fully saturated rings. The van der Waals surface area contributed by atoms with Crippen LogP contribution in [0, 0.1) is 11.8 Å². The Kier molecular flexibility index (Phi) is 10.8. The van der Waals surface area contributed by atoms with Crippen LogP contribution in [0.3, 0.4) is 0 Å². The Morgan fingerprint density at radius 3 is 1.89 bits per heavy atom. The smallest absolute Gasteiger partial charge is 0.00925 e. The van der Waals surface area contributed by atoms with Crippen LogP contribution in [0.25, 0.3) is 0 Å². The van der Waals surface area contributed by atoms with E-state index in [1.54, 1.807) is 0 Å². The number of rotatable bonds is 5. The summed E-state index contributed by atoms with van der Waals surface area (Å²) in [6.45, 7) is 12.5. The summed E-state index contributed by atoms with van der Waals surface area (Å²) in [5.74, 6) is 1.85. The van der Waals surface area contributed by atoms with Crippen LogP contribution >= 0.6 is 0 Å². The van der Waals surface area contributed by atoms with Crippen molar-refractivity contribution in [2.75, 3.05) is 13.6 Å². The second-order valence-corrected chi connectivity index (χ2v) is 6.50. The summed E-state index contributed by atoms with van der Waals surface area (Å²) < 4.78 is 0. The first kappa shape index (κ1) is 18.0. The quantitative estimate of drug-likeness (QED) is 0.640.